The first-order chi connectivity index (χ1) is 11.0. The Hall–Kier alpha value is -0.900. The minimum atomic E-state index is 0. The molecule has 0 atom stereocenters. The maximum atomic E-state index is 11.5. The van der Waals surface area contributed by atoms with Crippen LogP contribution in [0.25, 0.3) is 0 Å². The average Bonchev–Trinajstić information content (AvgIpc) is 2.87. The Morgan fingerprint density at radius 2 is 2.04 bits per heavy atom. The van der Waals surface area contributed by atoms with E-state index in [1.54, 1.807) is 18.4 Å². The molecule has 0 radical (unpaired) electrons. The van der Waals surface area contributed by atoms with E-state index in [0.29, 0.717) is 18.9 Å². The molecule has 24 heavy (non-hydrogen) atoms. The standard InChI is InChI=1S/C16H27N5OS.HI/c1-11-12(2)23-15(20-11)10-19-16(18-4)21-7-5-13(6-8-21)9-14(22)17-3;/h13H,5-10H2,1-4H3,(H,17,22)(H,18,19);1H. The molecular formula is C16H28IN5OS. The van der Waals surface area contributed by atoms with Gasteiger partial charge in [-0.05, 0) is 32.6 Å². The van der Waals surface area contributed by atoms with E-state index in [0.717, 1.165) is 42.6 Å². The Kier molecular flexibility index (Phi) is 8.96. The Balaban J connectivity index is 0.00000288. The summed E-state index contributed by atoms with van der Waals surface area (Å²) in [6, 6.07) is 0. The number of carbonyl (C=O) groups excluding carboxylic acids is 1. The molecule has 2 rings (SSSR count). The summed E-state index contributed by atoms with van der Waals surface area (Å²) in [7, 11) is 3.52. The van der Waals surface area contributed by atoms with Gasteiger partial charge >= 0.3 is 0 Å². The smallest absolute Gasteiger partial charge is 0.220 e. The number of hydrogen-bond acceptors (Lipinski definition) is 4. The summed E-state index contributed by atoms with van der Waals surface area (Å²) in [5.41, 5.74) is 1.11. The lowest BCUT2D eigenvalue weighted by atomic mass is 9.93. The number of aliphatic imine (C=N–C) groups is 1. The van der Waals surface area contributed by atoms with Gasteiger partial charge in [-0.1, -0.05) is 0 Å². The van der Waals surface area contributed by atoms with Crippen molar-refractivity contribution in [1.29, 1.82) is 0 Å². The molecule has 0 aliphatic carbocycles. The van der Waals surface area contributed by atoms with E-state index in [1.165, 1.54) is 4.88 Å². The van der Waals surface area contributed by atoms with Gasteiger partial charge in [0.05, 0.1) is 12.2 Å². The second-order valence-corrected chi connectivity index (χ2v) is 7.25. The topological polar surface area (TPSA) is 69.6 Å². The Morgan fingerprint density at radius 1 is 1.38 bits per heavy atom. The normalized spacial score (nSPS) is 15.8. The summed E-state index contributed by atoms with van der Waals surface area (Å²) in [5.74, 6) is 1.54. The van der Waals surface area contributed by atoms with Crippen LogP contribution in [0.15, 0.2) is 4.99 Å². The van der Waals surface area contributed by atoms with E-state index in [4.69, 9.17) is 0 Å². The molecule has 0 saturated carbocycles. The first kappa shape index (κ1) is 21.1. The number of nitrogens with one attached hydrogen (secondary N) is 2. The number of nitrogens with zero attached hydrogens (tertiary/aromatic N) is 3. The second-order valence-electron chi connectivity index (χ2n) is 5.96. The zero-order valence-corrected chi connectivity index (χ0v) is 18.0. The van der Waals surface area contributed by atoms with Gasteiger partial charge in [0.25, 0.3) is 0 Å². The van der Waals surface area contributed by atoms with Crippen molar-refractivity contribution in [2.45, 2.75) is 39.7 Å². The number of amides is 1. The van der Waals surface area contributed by atoms with Gasteiger partial charge in [0.15, 0.2) is 5.96 Å². The van der Waals surface area contributed by atoms with Crippen molar-refractivity contribution >= 4 is 47.2 Å². The number of guanidine groups is 1. The van der Waals surface area contributed by atoms with E-state index >= 15 is 0 Å². The van der Waals surface area contributed by atoms with Crippen LogP contribution in [0, 0.1) is 19.8 Å². The van der Waals surface area contributed by atoms with E-state index in [1.807, 2.05) is 14.0 Å². The molecule has 1 amide bonds. The highest BCUT2D eigenvalue weighted by Gasteiger charge is 2.23. The van der Waals surface area contributed by atoms with Gasteiger partial charge in [0, 0.05) is 38.5 Å². The fourth-order valence-electron chi connectivity index (χ4n) is 2.81. The number of carbonyl (C=O) groups is 1. The zero-order chi connectivity index (χ0) is 16.8. The van der Waals surface area contributed by atoms with Crippen molar-refractivity contribution in [3.63, 3.8) is 0 Å². The maximum absolute atomic E-state index is 11.5. The van der Waals surface area contributed by atoms with Gasteiger partial charge in [-0.2, -0.15) is 0 Å². The lowest BCUT2D eigenvalue weighted by Crippen LogP contribution is -2.45. The average molecular weight is 465 g/mol. The number of piperidine rings is 1. The highest BCUT2D eigenvalue weighted by Crippen LogP contribution is 2.21. The molecule has 1 fully saturated rings. The van der Waals surface area contributed by atoms with Crippen LogP contribution >= 0.6 is 35.3 Å². The van der Waals surface area contributed by atoms with Crippen LogP contribution in [-0.4, -0.2) is 48.9 Å². The number of halogens is 1. The highest BCUT2D eigenvalue weighted by molar-refractivity contribution is 14.0. The summed E-state index contributed by atoms with van der Waals surface area (Å²) < 4.78 is 0. The van der Waals surface area contributed by atoms with E-state index in [2.05, 4.69) is 32.4 Å². The SMILES string of the molecule is CN=C(NCc1nc(C)c(C)s1)N1CCC(CC(=O)NC)CC1.I. The zero-order valence-electron chi connectivity index (χ0n) is 14.9. The van der Waals surface area contributed by atoms with Crippen LogP contribution in [0.3, 0.4) is 0 Å². The Bertz CT molecular complexity index is 547. The van der Waals surface area contributed by atoms with Crippen molar-refractivity contribution in [2.75, 3.05) is 27.2 Å². The molecule has 0 unspecified atom stereocenters. The molecule has 0 bridgehead atoms. The lowest BCUT2D eigenvalue weighted by molar-refractivity contribution is -0.121. The molecule has 136 valence electrons. The fraction of sp³-hybridized carbons (Fsp3) is 0.688. The number of thiazole rings is 1. The number of aryl methyl sites for hydroxylation is 2. The molecule has 8 heteroatoms. The third kappa shape index (κ3) is 5.87. The van der Waals surface area contributed by atoms with Crippen LogP contribution in [0.5, 0.6) is 0 Å². The summed E-state index contributed by atoms with van der Waals surface area (Å²) in [5, 5.41) is 7.21. The number of rotatable bonds is 4. The van der Waals surface area contributed by atoms with E-state index < -0.39 is 0 Å². The molecule has 1 saturated heterocycles. The summed E-state index contributed by atoms with van der Waals surface area (Å²) in [6.07, 6.45) is 2.70. The van der Waals surface area contributed by atoms with E-state index in [9.17, 15) is 4.79 Å². The van der Waals surface area contributed by atoms with Crippen LogP contribution in [0.4, 0.5) is 0 Å². The Morgan fingerprint density at radius 3 is 2.54 bits per heavy atom. The summed E-state index contributed by atoms with van der Waals surface area (Å²) in [4.78, 5) is 24.0. The van der Waals surface area contributed by atoms with Crippen molar-refractivity contribution in [1.82, 2.24) is 20.5 Å². The van der Waals surface area contributed by atoms with Gasteiger partial charge < -0.3 is 15.5 Å². The molecule has 1 aliphatic rings. The second kappa shape index (κ2) is 10.2. The molecule has 2 N–H and O–H groups in total. The monoisotopic (exact) mass is 465 g/mol. The minimum absolute atomic E-state index is 0. The first-order valence-electron chi connectivity index (χ1n) is 8.12. The van der Waals surface area contributed by atoms with Gasteiger partial charge in [0.2, 0.25) is 5.91 Å². The van der Waals surface area contributed by atoms with Crippen LogP contribution < -0.4 is 10.6 Å². The van der Waals surface area contributed by atoms with Gasteiger partial charge in [-0.3, -0.25) is 9.79 Å². The van der Waals surface area contributed by atoms with Crippen molar-refractivity contribution < 1.29 is 4.79 Å². The predicted octanol–water partition coefficient (Wildman–Crippen LogP) is 2.30. The summed E-state index contributed by atoms with van der Waals surface area (Å²) in [6.45, 7) is 6.74. The van der Waals surface area contributed by atoms with Gasteiger partial charge in [-0.15, -0.1) is 35.3 Å². The molecule has 0 spiro atoms. The predicted molar refractivity (Wildman–Crippen MR) is 110 cm³/mol. The molecule has 6 nitrogen and oxygen atoms in total. The third-order valence-electron chi connectivity index (χ3n) is 4.35. The van der Waals surface area contributed by atoms with Gasteiger partial charge in [-0.25, -0.2) is 4.98 Å². The molecule has 1 aromatic heterocycles. The number of likely N-dealkylation sites (tertiary alicyclic amines) is 1. The van der Waals surface area contributed by atoms with Crippen LogP contribution in [0.2, 0.25) is 0 Å². The van der Waals surface area contributed by atoms with Crippen LogP contribution in [-0.2, 0) is 11.3 Å². The molecule has 1 aromatic rings. The minimum Gasteiger partial charge on any atom is -0.359 e. The van der Waals surface area contributed by atoms with E-state index in [-0.39, 0.29) is 29.9 Å². The lowest BCUT2D eigenvalue weighted by Gasteiger charge is -2.33. The highest BCUT2D eigenvalue weighted by atomic mass is 127. The quantitative estimate of drug-likeness (QED) is 0.407. The van der Waals surface area contributed by atoms with Crippen molar-refractivity contribution in [2.24, 2.45) is 10.9 Å². The first-order valence-corrected chi connectivity index (χ1v) is 8.94. The number of hydrogen-bond donors (Lipinski definition) is 2. The van der Waals surface area contributed by atoms with Crippen molar-refractivity contribution in [3.05, 3.63) is 15.6 Å². The number of aromatic nitrogens is 1. The van der Waals surface area contributed by atoms with Gasteiger partial charge in [0.1, 0.15) is 5.01 Å². The molecule has 2 heterocycles. The molecular weight excluding hydrogens is 437 g/mol. The fourth-order valence-corrected chi connectivity index (χ4v) is 3.69. The summed E-state index contributed by atoms with van der Waals surface area (Å²) >= 11 is 1.73. The largest absolute Gasteiger partial charge is 0.359 e. The third-order valence-corrected chi connectivity index (χ3v) is 5.42. The molecule has 1 aliphatic heterocycles. The molecule has 0 aromatic carbocycles. The van der Waals surface area contributed by atoms with Crippen molar-refractivity contribution in [3.8, 4) is 0 Å². The maximum Gasteiger partial charge on any atom is 0.220 e. The Labute approximate surface area is 165 Å². The van der Waals surface area contributed by atoms with Crippen LogP contribution in [0.1, 0.15) is 34.8 Å².